The molecule has 1 amide bonds. The zero-order chi connectivity index (χ0) is 20.1. The summed E-state index contributed by atoms with van der Waals surface area (Å²) in [4.78, 5) is 20.3. The van der Waals surface area contributed by atoms with E-state index in [1.54, 1.807) is 11.3 Å². The molecule has 1 aromatic carbocycles. The van der Waals surface area contributed by atoms with Crippen molar-refractivity contribution >= 4 is 17.2 Å². The topological polar surface area (TPSA) is 45.2 Å². The van der Waals surface area contributed by atoms with Crippen molar-refractivity contribution in [3.63, 3.8) is 0 Å². The van der Waals surface area contributed by atoms with Crippen LogP contribution in [0.5, 0.6) is 0 Å². The largest absolute Gasteiger partial charge is 0.356 e. The number of benzene rings is 1. The van der Waals surface area contributed by atoms with Crippen LogP contribution in [0.15, 0.2) is 29.8 Å². The summed E-state index contributed by atoms with van der Waals surface area (Å²) in [5.74, 6) is 1.73. The second-order valence-corrected chi connectivity index (χ2v) is 9.79. The summed E-state index contributed by atoms with van der Waals surface area (Å²) in [6.45, 7) is 6.43. The van der Waals surface area contributed by atoms with Crippen LogP contribution in [0.2, 0.25) is 0 Å². The minimum Gasteiger partial charge on any atom is -0.356 e. The number of amides is 1. The molecule has 2 aromatic rings. The Hall–Kier alpha value is -1.72. The summed E-state index contributed by atoms with van der Waals surface area (Å²) in [5.41, 5.74) is 5.85. The molecular weight excluding hydrogens is 378 g/mol. The lowest BCUT2D eigenvalue weighted by atomic mass is 9.89. The van der Waals surface area contributed by atoms with Crippen molar-refractivity contribution in [3.8, 4) is 0 Å². The maximum Gasteiger partial charge on any atom is 0.220 e. The molecular formula is C24H33N3OS. The van der Waals surface area contributed by atoms with Gasteiger partial charge in [0.25, 0.3) is 0 Å². The Labute approximate surface area is 178 Å². The number of nitrogens with one attached hydrogen (secondary N) is 1. The Morgan fingerprint density at radius 3 is 2.48 bits per heavy atom. The van der Waals surface area contributed by atoms with Crippen molar-refractivity contribution in [2.24, 2.45) is 11.8 Å². The first-order valence-corrected chi connectivity index (χ1v) is 12.0. The van der Waals surface area contributed by atoms with Gasteiger partial charge in [-0.2, -0.15) is 0 Å². The molecule has 1 saturated heterocycles. The molecule has 2 heterocycles. The molecule has 4 nitrogen and oxygen atoms in total. The van der Waals surface area contributed by atoms with Crippen LogP contribution in [0.1, 0.15) is 53.8 Å². The van der Waals surface area contributed by atoms with Gasteiger partial charge in [-0.1, -0.05) is 24.3 Å². The summed E-state index contributed by atoms with van der Waals surface area (Å²) < 4.78 is 0. The molecule has 0 atom stereocenters. The summed E-state index contributed by atoms with van der Waals surface area (Å²) in [6.07, 6.45) is 7.74. The van der Waals surface area contributed by atoms with Crippen LogP contribution in [-0.4, -0.2) is 35.4 Å². The van der Waals surface area contributed by atoms with Gasteiger partial charge in [-0.3, -0.25) is 9.69 Å². The monoisotopic (exact) mass is 411 g/mol. The van der Waals surface area contributed by atoms with Crippen LogP contribution in [0.4, 0.5) is 0 Å². The Kier molecular flexibility index (Phi) is 6.98. The predicted molar refractivity (Wildman–Crippen MR) is 119 cm³/mol. The molecule has 1 saturated carbocycles. The van der Waals surface area contributed by atoms with Crippen LogP contribution in [0, 0.1) is 18.8 Å². The highest BCUT2D eigenvalue weighted by atomic mass is 32.1. The van der Waals surface area contributed by atoms with E-state index in [0.717, 1.165) is 31.3 Å². The predicted octanol–water partition coefficient (Wildman–Crippen LogP) is 4.37. The van der Waals surface area contributed by atoms with E-state index in [9.17, 15) is 4.79 Å². The van der Waals surface area contributed by atoms with Gasteiger partial charge in [0.05, 0.1) is 11.2 Å². The van der Waals surface area contributed by atoms with Gasteiger partial charge in [0.1, 0.15) is 0 Å². The van der Waals surface area contributed by atoms with E-state index in [0.29, 0.717) is 6.42 Å². The van der Waals surface area contributed by atoms with Crippen molar-refractivity contribution in [2.75, 3.05) is 19.6 Å². The number of rotatable bonds is 9. The summed E-state index contributed by atoms with van der Waals surface area (Å²) >= 11 is 1.78. The first kappa shape index (κ1) is 20.5. The fraction of sp³-hybridized carbons (Fsp3) is 0.583. The fourth-order valence-corrected chi connectivity index (χ4v) is 4.95. The van der Waals surface area contributed by atoms with E-state index in [1.165, 1.54) is 66.9 Å². The average molecular weight is 412 g/mol. The Balaban J connectivity index is 1.16. The minimum absolute atomic E-state index is 0.196. The Morgan fingerprint density at radius 1 is 1.10 bits per heavy atom. The van der Waals surface area contributed by atoms with Gasteiger partial charge in [0, 0.05) is 24.4 Å². The lowest BCUT2D eigenvalue weighted by molar-refractivity contribution is -0.121. The molecule has 1 aliphatic carbocycles. The van der Waals surface area contributed by atoms with Crippen molar-refractivity contribution in [1.82, 2.24) is 15.2 Å². The number of likely N-dealkylation sites (tertiary alicyclic amines) is 1. The molecule has 5 heteroatoms. The van der Waals surface area contributed by atoms with Gasteiger partial charge >= 0.3 is 0 Å². The number of carbonyl (C=O) groups excluding carboxylic acids is 1. The zero-order valence-electron chi connectivity index (χ0n) is 17.5. The van der Waals surface area contributed by atoms with E-state index in [2.05, 4.69) is 46.4 Å². The normalized spacial score (nSPS) is 18.1. The Morgan fingerprint density at radius 2 is 1.83 bits per heavy atom. The lowest BCUT2D eigenvalue weighted by Gasteiger charge is -2.31. The summed E-state index contributed by atoms with van der Waals surface area (Å²) in [7, 11) is 0. The number of carbonyl (C=O) groups is 1. The minimum atomic E-state index is 0.196. The quantitative estimate of drug-likeness (QED) is 0.667. The molecule has 0 spiro atoms. The van der Waals surface area contributed by atoms with Gasteiger partial charge in [0.2, 0.25) is 5.91 Å². The highest BCUT2D eigenvalue weighted by Gasteiger charge is 2.22. The molecule has 0 unspecified atom stereocenters. The highest BCUT2D eigenvalue weighted by Crippen LogP contribution is 2.27. The molecule has 1 aliphatic heterocycles. The first-order chi connectivity index (χ1) is 14.2. The third-order valence-corrected chi connectivity index (χ3v) is 7.31. The third-order valence-electron chi connectivity index (χ3n) is 6.39. The number of aromatic nitrogens is 1. The van der Waals surface area contributed by atoms with Gasteiger partial charge in [0.15, 0.2) is 0 Å². The van der Waals surface area contributed by atoms with E-state index >= 15 is 0 Å². The van der Waals surface area contributed by atoms with Crippen LogP contribution in [0.25, 0.3) is 0 Å². The summed E-state index contributed by atoms with van der Waals surface area (Å²) in [6, 6.07) is 8.96. The van der Waals surface area contributed by atoms with Crippen molar-refractivity contribution in [3.05, 3.63) is 51.5 Å². The molecule has 0 bridgehead atoms. The number of piperidine rings is 1. The van der Waals surface area contributed by atoms with Crippen LogP contribution in [0.3, 0.4) is 0 Å². The summed E-state index contributed by atoms with van der Waals surface area (Å²) in [5, 5.41) is 3.05. The van der Waals surface area contributed by atoms with Gasteiger partial charge < -0.3 is 5.32 Å². The van der Waals surface area contributed by atoms with E-state index < -0.39 is 0 Å². The van der Waals surface area contributed by atoms with Gasteiger partial charge in [-0.05, 0) is 81.5 Å². The molecule has 156 valence electrons. The van der Waals surface area contributed by atoms with E-state index in [1.807, 2.05) is 5.51 Å². The van der Waals surface area contributed by atoms with Crippen LogP contribution >= 0.6 is 11.3 Å². The molecule has 29 heavy (non-hydrogen) atoms. The smallest absolute Gasteiger partial charge is 0.220 e. The molecule has 0 radical (unpaired) electrons. The second-order valence-electron chi connectivity index (χ2n) is 8.85. The third kappa shape index (κ3) is 6.38. The molecule has 2 aliphatic rings. The zero-order valence-corrected chi connectivity index (χ0v) is 18.3. The fourth-order valence-electron chi connectivity index (χ4n) is 4.13. The van der Waals surface area contributed by atoms with Crippen LogP contribution < -0.4 is 5.32 Å². The number of nitrogens with zero attached hydrogens (tertiary/aromatic N) is 2. The van der Waals surface area contributed by atoms with Crippen LogP contribution in [-0.2, 0) is 24.2 Å². The SMILES string of the molecule is Cc1ncsc1CN1CCC(Cc2ccc(CCC(=O)NCC3CC3)cc2)CC1. The van der Waals surface area contributed by atoms with Gasteiger partial charge in [-0.25, -0.2) is 4.98 Å². The molecule has 1 aromatic heterocycles. The molecule has 1 N–H and O–H groups in total. The second kappa shape index (κ2) is 9.86. The highest BCUT2D eigenvalue weighted by molar-refractivity contribution is 7.09. The lowest BCUT2D eigenvalue weighted by Crippen LogP contribution is -2.33. The number of hydrogen-bond donors (Lipinski definition) is 1. The molecule has 2 fully saturated rings. The van der Waals surface area contributed by atoms with E-state index in [4.69, 9.17) is 0 Å². The average Bonchev–Trinajstić information content (AvgIpc) is 3.49. The maximum absolute atomic E-state index is 11.9. The van der Waals surface area contributed by atoms with E-state index in [-0.39, 0.29) is 5.91 Å². The standard InChI is InChI=1S/C24H33N3OS/c1-18-23(29-17-26-18)16-27-12-10-21(11-13-27)14-20-4-2-19(3-5-20)8-9-24(28)25-15-22-6-7-22/h2-5,17,21-22H,6-16H2,1H3,(H,25,28). The first-order valence-electron chi connectivity index (χ1n) is 11.1. The maximum atomic E-state index is 11.9. The van der Waals surface area contributed by atoms with Crippen molar-refractivity contribution in [2.45, 2.75) is 58.4 Å². The van der Waals surface area contributed by atoms with Crippen molar-refractivity contribution in [1.29, 1.82) is 0 Å². The van der Waals surface area contributed by atoms with Gasteiger partial charge in [-0.15, -0.1) is 11.3 Å². The molecule has 4 rings (SSSR count). The van der Waals surface area contributed by atoms with Crippen molar-refractivity contribution < 1.29 is 4.79 Å². The number of aryl methyl sites for hydroxylation is 2. The Bertz CT molecular complexity index is 789. The number of thiazole rings is 1. The number of hydrogen-bond acceptors (Lipinski definition) is 4.